The summed E-state index contributed by atoms with van der Waals surface area (Å²) < 4.78 is 11.9. The summed E-state index contributed by atoms with van der Waals surface area (Å²) in [5, 5.41) is 6.58. The molecule has 1 aromatic heterocycles. The van der Waals surface area contributed by atoms with Crippen LogP contribution in [0.15, 0.2) is 44.3 Å². The topological polar surface area (TPSA) is 96.2 Å². The van der Waals surface area contributed by atoms with E-state index in [4.69, 9.17) is 9.15 Å². The molecule has 2 aromatic rings. The molecule has 142 valence electrons. The molecule has 0 spiro atoms. The van der Waals surface area contributed by atoms with Crippen molar-refractivity contribution in [3.05, 3.63) is 46.1 Å². The van der Waals surface area contributed by atoms with Crippen molar-refractivity contribution < 1.29 is 18.7 Å². The maximum absolute atomic E-state index is 12.1. The van der Waals surface area contributed by atoms with Crippen molar-refractivity contribution in [2.75, 3.05) is 36.5 Å². The Bertz CT molecular complexity index is 842. The lowest BCUT2D eigenvalue weighted by molar-refractivity contribution is -0.114. The fourth-order valence-electron chi connectivity index (χ4n) is 2.55. The number of nitrogens with one attached hydrogen (secondary N) is 2. The minimum absolute atomic E-state index is 0.169. The number of carbonyl (C=O) groups is 2. The minimum atomic E-state index is -0.361. The highest BCUT2D eigenvalue weighted by Gasteiger charge is 2.18. The fraction of sp³-hybridized carbons (Fsp3) is 0.278. The number of carbonyl (C=O) groups excluding carboxylic acids is 2. The molecule has 8 nitrogen and oxygen atoms in total. The predicted molar refractivity (Wildman–Crippen MR) is 105 cm³/mol. The van der Waals surface area contributed by atoms with Crippen LogP contribution >= 0.6 is 15.9 Å². The lowest BCUT2D eigenvalue weighted by Crippen LogP contribution is -2.36. The molecule has 2 N–H and O–H groups in total. The monoisotopic (exact) mass is 434 g/mol. The summed E-state index contributed by atoms with van der Waals surface area (Å²) in [4.78, 5) is 25.2. The van der Waals surface area contributed by atoms with E-state index in [-0.39, 0.29) is 11.8 Å². The van der Waals surface area contributed by atoms with Gasteiger partial charge in [-0.1, -0.05) is 0 Å². The van der Waals surface area contributed by atoms with Gasteiger partial charge >= 0.3 is 0 Å². The molecule has 9 heteroatoms. The Hall–Kier alpha value is -2.65. The highest BCUT2D eigenvalue weighted by atomic mass is 79.9. The molecule has 0 unspecified atom stereocenters. The zero-order valence-corrected chi connectivity index (χ0v) is 16.3. The second kappa shape index (κ2) is 8.83. The highest BCUT2D eigenvalue weighted by molar-refractivity contribution is 9.10. The number of hydrogen-bond donors (Lipinski definition) is 2. The van der Waals surface area contributed by atoms with Crippen LogP contribution in [0.25, 0.3) is 0 Å². The normalized spacial score (nSPS) is 14.4. The molecular weight excluding hydrogens is 416 g/mol. The molecular formula is C18H19BrN4O4. The zero-order valence-electron chi connectivity index (χ0n) is 14.7. The largest absolute Gasteiger partial charge is 0.438 e. The molecule has 0 radical (unpaired) electrons. The van der Waals surface area contributed by atoms with Crippen LogP contribution in [0.1, 0.15) is 23.0 Å². The van der Waals surface area contributed by atoms with Crippen LogP contribution in [0.5, 0.6) is 0 Å². The molecule has 0 bridgehead atoms. The van der Waals surface area contributed by atoms with E-state index in [2.05, 4.69) is 36.7 Å². The molecule has 1 fully saturated rings. The third-order valence-corrected chi connectivity index (χ3v) is 4.38. The number of benzene rings is 1. The van der Waals surface area contributed by atoms with Gasteiger partial charge in [0, 0.05) is 37.3 Å². The average molecular weight is 435 g/mol. The Balaban J connectivity index is 1.58. The van der Waals surface area contributed by atoms with E-state index in [0.29, 0.717) is 30.2 Å². The summed E-state index contributed by atoms with van der Waals surface area (Å²) in [6.07, 6.45) is 1.44. The number of hydrogen-bond acceptors (Lipinski definition) is 6. The lowest BCUT2D eigenvalue weighted by atomic mass is 10.2. The Morgan fingerprint density at radius 2 is 1.93 bits per heavy atom. The predicted octanol–water partition coefficient (Wildman–Crippen LogP) is 2.60. The summed E-state index contributed by atoms with van der Waals surface area (Å²) in [7, 11) is 0. The summed E-state index contributed by atoms with van der Waals surface area (Å²) in [6.45, 7) is 4.26. The van der Waals surface area contributed by atoms with Crippen LogP contribution in [0.4, 0.5) is 11.6 Å². The summed E-state index contributed by atoms with van der Waals surface area (Å²) >= 11 is 3.48. The highest BCUT2D eigenvalue weighted by Crippen LogP contribution is 2.30. The van der Waals surface area contributed by atoms with Crippen LogP contribution < -0.4 is 15.6 Å². The molecule has 1 saturated heterocycles. The summed E-state index contributed by atoms with van der Waals surface area (Å²) in [6, 6.07) is 8.31. The Morgan fingerprint density at radius 3 is 2.59 bits per heavy atom. The molecule has 1 aromatic carbocycles. The van der Waals surface area contributed by atoms with Crippen LogP contribution in [0, 0.1) is 0 Å². The van der Waals surface area contributed by atoms with Crippen molar-refractivity contribution in [2.45, 2.75) is 6.92 Å². The van der Waals surface area contributed by atoms with Gasteiger partial charge in [-0.25, -0.2) is 5.43 Å². The van der Waals surface area contributed by atoms with Crippen LogP contribution in [-0.4, -0.2) is 44.3 Å². The number of nitrogens with zero attached hydrogens (tertiary/aromatic N) is 2. The van der Waals surface area contributed by atoms with E-state index in [1.807, 2.05) is 0 Å². The number of furan rings is 1. The molecule has 27 heavy (non-hydrogen) atoms. The second-order valence-electron chi connectivity index (χ2n) is 5.86. The SMILES string of the molecule is CC(=O)Nc1ccc(C(=O)NN=Cc2cc(Br)c(N3CCOCC3)o2)cc1. The number of morpholine rings is 1. The number of halogens is 1. The molecule has 0 aliphatic carbocycles. The third kappa shape index (κ3) is 5.18. The first-order valence-electron chi connectivity index (χ1n) is 8.36. The number of amides is 2. The number of ether oxygens (including phenoxy) is 1. The summed E-state index contributed by atoms with van der Waals surface area (Å²) in [5.74, 6) is 0.710. The van der Waals surface area contributed by atoms with Crippen molar-refractivity contribution in [3.8, 4) is 0 Å². The van der Waals surface area contributed by atoms with Gasteiger partial charge in [-0.05, 0) is 40.2 Å². The Morgan fingerprint density at radius 1 is 1.22 bits per heavy atom. The fourth-order valence-corrected chi connectivity index (χ4v) is 3.11. The Labute approximate surface area is 164 Å². The van der Waals surface area contributed by atoms with Crippen LogP contribution in [0.2, 0.25) is 0 Å². The maximum Gasteiger partial charge on any atom is 0.271 e. The smallest absolute Gasteiger partial charge is 0.271 e. The number of rotatable bonds is 5. The van der Waals surface area contributed by atoms with Gasteiger partial charge in [0.15, 0.2) is 5.76 Å². The van der Waals surface area contributed by atoms with Crippen molar-refractivity contribution in [3.63, 3.8) is 0 Å². The average Bonchev–Trinajstić information content (AvgIpc) is 3.03. The van der Waals surface area contributed by atoms with E-state index in [1.54, 1.807) is 30.3 Å². The van der Waals surface area contributed by atoms with Gasteiger partial charge < -0.3 is 19.4 Å². The van der Waals surface area contributed by atoms with Crippen molar-refractivity contribution >= 4 is 45.5 Å². The van der Waals surface area contributed by atoms with E-state index in [9.17, 15) is 9.59 Å². The third-order valence-electron chi connectivity index (χ3n) is 3.81. The first kappa shape index (κ1) is 19.1. The number of anilines is 2. The van der Waals surface area contributed by atoms with Gasteiger partial charge in [0.05, 0.1) is 23.9 Å². The van der Waals surface area contributed by atoms with Crippen LogP contribution in [-0.2, 0) is 9.53 Å². The molecule has 1 aliphatic heterocycles. The molecule has 2 heterocycles. The maximum atomic E-state index is 12.1. The van der Waals surface area contributed by atoms with Crippen molar-refractivity contribution in [1.82, 2.24) is 5.43 Å². The zero-order chi connectivity index (χ0) is 19.2. The van der Waals surface area contributed by atoms with Gasteiger partial charge in [0.2, 0.25) is 11.8 Å². The van der Waals surface area contributed by atoms with E-state index in [1.165, 1.54) is 13.1 Å². The quantitative estimate of drug-likeness (QED) is 0.556. The van der Waals surface area contributed by atoms with Gasteiger partial charge in [0.25, 0.3) is 5.91 Å². The minimum Gasteiger partial charge on any atom is -0.438 e. The van der Waals surface area contributed by atoms with Crippen molar-refractivity contribution in [1.29, 1.82) is 0 Å². The van der Waals surface area contributed by atoms with Gasteiger partial charge in [-0.2, -0.15) is 5.10 Å². The van der Waals surface area contributed by atoms with Gasteiger partial charge in [-0.3, -0.25) is 9.59 Å². The lowest BCUT2D eigenvalue weighted by Gasteiger charge is -2.26. The van der Waals surface area contributed by atoms with E-state index in [0.717, 1.165) is 23.4 Å². The van der Waals surface area contributed by atoms with E-state index < -0.39 is 0 Å². The first-order chi connectivity index (χ1) is 13.0. The van der Waals surface area contributed by atoms with E-state index >= 15 is 0 Å². The summed E-state index contributed by atoms with van der Waals surface area (Å²) in [5.41, 5.74) is 3.50. The first-order valence-corrected chi connectivity index (χ1v) is 9.15. The molecule has 1 aliphatic rings. The van der Waals surface area contributed by atoms with Crippen molar-refractivity contribution in [2.24, 2.45) is 5.10 Å². The van der Waals surface area contributed by atoms with Gasteiger partial charge in [-0.15, -0.1) is 0 Å². The molecule has 0 saturated carbocycles. The standard InChI is InChI=1S/C18H19BrN4O4/c1-12(24)21-14-4-2-13(3-5-14)17(25)22-20-11-15-10-16(19)18(27-15)23-6-8-26-9-7-23/h2-5,10-11H,6-9H2,1H3,(H,21,24)(H,22,25). The Kier molecular flexibility index (Phi) is 6.25. The molecule has 3 rings (SSSR count). The molecule has 0 atom stereocenters. The number of hydrazone groups is 1. The molecule has 2 amide bonds. The van der Waals surface area contributed by atoms with Gasteiger partial charge in [0.1, 0.15) is 0 Å². The second-order valence-corrected chi connectivity index (χ2v) is 6.71. The van der Waals surface area contributed by atoms with Crippen LogP contribution in [0.3, 0.4) is 0 Å².